The van der Waals surface area contributed by atoms with Crippen LogP contribution in [0.4, 0.5) is 5.69 Å². The fraction of sp³-hybridized carbons (Fsp3) is 0.650. The second-order valence-electron chi connectivity index (χ2n) is 7.62. The first-order valence-electron chi connectivity index (χ1n) is 9.00. The highest BCUT2D eigenvalue weighted by Crippen LogP contribution is 2.24. The van der Waals surface area contributed by atoms with Crippen LogP contribution in [0, 0.1) is 24.7 Å². The number of nitrogens with one attached hydrogen (secondary N) is 1. The summed E-state index contributed by atoms with van der Waals surface area (Å²) in [7, 11) is 0. The summed E-state index contributed by atoms with van der Waals surface area (Å²) >= 11 is 0. The third-order valence-electron chi connectivity index (χ3n) is 5.01. The minimum atomic E-state index is 0.164. The Kier molecular flexibility index (Phi) is 6.09. The summed E-state index contributed by atoms with van der Waals surface area (Å²) in [6.45, 7) is 12.8. The van der Waals surface area contributed by atoms with Crippen molar-refractivity contribution in [2.24, 2.45) is 17.8 Å². The van der Waals surface area contributed by atoms with Gasteiger partial charge in [0.25, 0.3) is 0 Å². The number of amides is 1. The Morgan fingerprint density at radius 2 is 1.57 bits per heavy atom. The molecule has 128 valence electrons. The van der Waals surface area contributed by atoms with Gasteiger partial charge in [0.2, 0.25) is 5.91 Å². The predicted octanol–water partition coefficient (Wildman–Crippen LogP) is 4.01. The van der Waals surface area contributed by atoms with E-state index in [1.54, 1.807) is 0 Å². The predicted molar refractivity (Wildman–Crippen MR) is 97.7 cm³/mol. The zero-order chi connectivity index (χ0) is 17.0. The Hall–Kier alpha value is -1.51. The van der Waals surface area contributed by atoms with Crippen molar-refractivity contribution >= 4 is 11.6 Å². The standard InChI is InChI=1S/C20H32N2O/c1-14(2)19(15(3)4)21-20(23)17-10-12-22(13-11-17)18-8-6-16(5)7-9-18/h6-9,14-15,17,19H,10-13H2,1-5H3,(H,21,23). The normalized spacial score (nSPS) is 16.4. The van der Waals surface area contributed by atoms with Gasteiger partial charge < -0.3 is 10.2 Å². The van der Waals surface area contributed by atoms with E-state index >= 15 is 0 Å². The van der Waals surface area contributed by atoms with Gasteiger partial charge in [-0.15, -0.1) is 0 Å². The fourth-order valence-electron chi connectivity index (χ4n) is 3.54. The van der Waals surface area contributed by atoms with Crippen molar-refractivity contribution in [3.8, 4) is 0 Å². The average molecular weight is 316 g/mol. The minimum Gasteiger partial charge on any atom is -0.371 e. The third-order valence-corrected chi connectivity index (χ3v) is 5.01. The van der Waals surface area contributed by atoms with E-state index in [1.807, 2.05) is 0 Å². The molecular weight excluding hydrogens is 284 g/mol. The first kappa shape index (κ1) is 17.8. The van der Waals surface area contributed by atoms with Crippen LogP contribution in [0.15, 0.2) is 24.3 Å². The molecule has 0 aromatic heterocycles. The number of piperidine rings is 1. The highest BCUT2D eigenvalue weighted by atomic mass is 16.2. The summed E-state index contributed by atoms with van der Waals surface area (Å²) in [4.78, 5) is 15.0. The molecule has 0 radical (unpaired) electrons. The van der Waals surface area contributed by atoms with Crippen molar-refractivity contribution in [3.05, 3.63) is 29.8 Å². The monoisotopic (exact) mass is 316 g/mol. The van der Waals surface area contributed by atoms with Gasteiger partial charge >= 0.3 is 0 Å². The third kappa shape index (κ3) is 4.73. The zero-order valence-electron chi connectivity index (χ0n) is 15.3. The number of hydrogen-bond acceptors (Lipinski definition) is 2. The van der Waals surface area contributed by atoms with Crippen molar-refractivity contribution in [3.63, 3.8) is 0 Å². The van der Waals surface area contributed by atoms with Crippen molar-refractivity contribution in [1.29, 1.82) is 0 Å². The topological polar surface area (TPSA) is 32.3 Å². The number of carbonyl (C=O) groups excluding carboxylic acids is 1. The Balaban J connectivity index is 1.88. The van der Waals surface area contributed by atoms with Gasteiger partial charge in [0.1, 0.15) is 0 Å². The maximum absolute atomic E-state index is 12.6. The molecule has 1 fully saturated rings. The van der Waals surface area contributed by atoms with Crippen molar-refractivity contribution in [1.82, 2.24) is 5.32 Å². The number of rotatable bonds is 5. The molecule has 1 amide bonds. The molecule has 2 rings (SSSR count). The summed E-state index contributed by atoms with van der Waals surface area (Å²) < 4.78 is 0. The van der Waals surface area contributed by atoms with Crippen LogP contribution in [0.5, 0.6) is 0 Å². The number of anilines is 1. The maximum Gasteiger partial charge on any atom is 0.223 e. The molecule has 1 N–H and O–H groups in total. The fourth-order valence-corrected chi connectivity index (χ4v) is 3.54. The lowest BCUT2D eigenvalue weighted by Crippen LogP contribution is -2.47. The molecule has 0 bridgehead atoms. The first-order chi connectivity index (χ1) is 10.9. The highest BCUT2D eigenvalue weighted by molar-refractivity contribution is 5.79. The first-order valence-corrected chi connectivity index (χ1v) is 9.00. The SMILES string of the molecule is Cc1ccc(N2CCC(C(=O)NC(C(C)C)C(C)C)CC2)cc1. The lowest BCUT2D eigenvalue weighted by atomic mass is 9.90. The number of aryl methyl sites for hydroxylation is 1. The van der Waals surface area contributed by atoms with E-state index in [2.05, 4.69) is 69.1 Å². The Labute approximate surface area is 141 Å². The van der Waals surface area contributed by atoms with Gasteiger partial charge in [-0.3, -0.25) is 4.79 Å². The molecule has 1 aliphatic rings. The van der Waals surface area contributed by atoms with Gasteiger partial charge in [-0.1, -0.05) is 45.4 Å². The lowest BCUT2D eigenvalue weighted by molar-refractivity contribution is -0.127. The van der Waals surface area contributed by atoms with E-state index in [1.165, 1.54) is 11.3 Å². The molecule has 0 saturated carbocycles. The van der Waals surface area contributed by atoms with Crippen LogP contribution in [0.1, 0.15) is 46.1 Å². The molecule has 23 heavy (non-hydrogen) atoms. The minimum absolute atomic E-state index is 0.164. The second-order valence-corrected chi connectivity index (χ2v) is 7.62. The van der Waals surface area contributed by atoms with Gasteiger partial charge in [-0.05, 0) is 43.7 Å². The van der Waals surface area contributed by atoms with E-state index in [0.717, 1.165) is 25.9 Å². The van der Waals surface area contributed by atoms with Gasteiger partial charge in [-0.25, -0.2) is 0 Å². The number of nitrogens with zero attached hydrogens (tertiary/aromatic N) is 1. The van der Waals surface area contributed by atoms with Gasteiger partial charge in [-0.2, -0.15) is 0 Å². The summed E-state index contributed by atoms with van der Waals surface area (Å²) in [5, 5.41) is 3.29. The molecular formula is C20H32N2O. The summed E-state index contributed by atoms with van der Waals surface area (Å²) in [6.07, 6.45) is 1.89. The van der Waals surface area contributed by atoms with Crippen molar-refractivity contribution < 1.29 is 4.79 Å². The molecule has 3 heteroatoms. The van der Waals surface area contributed by atoms with Crippen LogP contribution in [-0.2, 0) is 4.79 Å². The maximum atomic E-state index is 12.6. The van der Waals surface area contributed by atoms with Crippen LogP contribution in [0.25, 0.3) is 0 Å². The molecule has 1 aromatic carbocycles. The summed E-state index contributed by atoms with van der Waals surface area (Å²) in [5.41, 5.74) is 2.56. The van der Waals surface area contributed by atoms with E-state index in [-0.39, 0.29) is 17.9 Å². The number of benzene rings is 1. The molecule has 1 aromatic rings. The quantitative estimate of drug-likeness (QED) is 0.890. The Morgan fingerprint density at radius 1 is 1.04 bits per heavy atom. The van der Waals surface area contributed by atoms with Gasteiger partial charge in [0, 0.05) is 30.7 Å². The molecule has 1 aliphatic heterocycles. The zero-order valence-corrected chi connectivity index (χ0v) is 15.3. The molecule has 0 unspecified atom stereocenters. The average Bonchev–Trinajstić information content (AvgIpc) is 2.52. The smallest absolute Gasteiger partial charge is 0.223 e. The molecule has 0 aliphatic carbocycles. The molecule has 0 atom stereocenters. The van der Waals surface area contributed by atoms with Gasteiger partial charge in [0.05, 0.1) is 0 Å². The second kappa shape index (κ2) is 7.85. The molecule has 1 heterocycles. The summed E-state index contributed by atoms with van der Waals surface area (Å²) in [5.74, 6) is 1.37. The lowest BCUT2D eigenvalue weighted by Gasteiger charge is -2.35. The van der Waals surface area contributed by atoms with Crippen LogP contribution in [0.2, 0.25) is 0 Å². The van der Waals surface area contributed by atoms with Crippen LogP contribution in [0.3, 0.4) is 0 Å². The van der Waals surface area contributed by atoms with E-state index in [0.29, 0.717) is 11.8 Å². The summed E-state index contributed by atoms with van der Waals surface area (Å²) in [6, 6.07) is 8.96. The molecule has 1 saturated heterocycles. The molecule has 3 nitrogen and oxygen atoms in total. The largest absolute Gasteiger partial charge is 0.371 e. The Bertz CT molecular complexity index is 491. The van der Waals surface area contributed by atoms with E-state index in [4.69, 9.17) is 0 Å². The van der Waals surface area contributed by atoms with E-state index in [9.17, 15) is 4.79 Å². The van der Waals surface area contributed by atoms with E-state index < -0.39 is 0 Å². The Morgan fingerprint density at radius 3 is 2.04 bits per heavy atom. The van der Waals surface area contributed by atoms with Crippen LogP contribution < -0.4 is 10.2 Å². The van der Waals surface area contributed by atoms with Gasteiger partial charge in [0.15, 0.2) is 0 Å². The van der Waals surface area contributed by atoms with Crippen molar-refractivity contribution in [2.45, 2.75) is 53.5 Å². The number of carbonyl (C=O) groups is 1. The van der Waals surface area contributed by atoms with Crippen LogP contribution in [-0.4, -0.2) is 25.0 Å². The van der Waals surface area contributed by atoms with Crippen LogP contribution >= 0.6 is 0 Å². The number of hydrogen-bond donors (Lipinski definition) is 1. The molecule has 0 spiro atoms. The van der Waals surface area contributed by atoms with Crippen molar-refractivity contribution in [2.75, 3.05) is 18.0 Å². The highest BCUT2D eigenvalue weighted by Gasteiger charge is 2.28.